The fourth-order valence-electron chi connectivity index (χ4n) is 4.75. The summed E-state index contributed by atoms with van der Waals surface area (Å²) >= 11 is 0. The van der Waals surface area contributed by atoms with Gasteiger partial charge < -0.3 is 5.32 Å². The molecule has 2 spiro atoms. The number of rotatable bonds is 2. The van der Waals surface area contributed by atoms with Crippen LogP contribution in [0.3, 0.4) is 0 Å². The summed E-state index contributed by atoms with van der Waals surface area (Å²) in [5.41, 5.74) is 1.46. The quantitative estimate of drug-likeness (QED) is 0.822. The number of piperazine rings is 1. The van der Waals surface area contributed by atoms with Crippen LogP contribution in [0.15, 0.2) is 0 Å². The zero-order valence-corrected chi connectivity index (χ0v) is 13.9. The molecule has 0 amide bonds. The molecule has 0 radical (unpaired) electrons. The lowest BCUT2D eigenvalue weighted by Gasteiger charge is -2.53. The van der Waals surface area contributed by atoms with Gasteiger partial charge in [-0.15, -0.1) is 0 Å². The van der Waals surface area contributed by atoms with Crippen LogP contribution in [0.1, 0.15) is 78.6 Å². The van der Waals surface area contributed by atoms with Crippen molar-refractivity contribution in [2.75, 3.05) is 19.6 Å². The smallest absolute Gasteiger partial charge is 0.0334 e. The monoisotopic (exact) mass is 278 g/mol. The topological polar surface area (TPSA) is 15.3 Å². The second kappa shape index (κ2) is 5.28. The Balaban J connectivity index is 1.72. The Morgan fingerprint density at radius 1 is 0.950 bits per heavy atom. The van der Waals surface area contributed by atoms with Gasteiger partial charge in [0.2, 0.25) is 0 Å². The number of hydrogen-bond acceptors (Lipinski definition) is 2. The van der Waals surface area contributed by atoms with E-state index in [1.54, 1.807) is 0 Å². The lowest BCUT2D eigenvalue weighted by molar-refractivity contribution is 0.00265. The normalized spacial score (nSPS) is 29.6. The van der Waals surface area contributed by atoms with Crippen LogP contribution in [-0.2, 0) is 0 Å². The molecule has 2 nitrogen and oxygen atoms in total. The molecule has 2 aliphatic carbocycles. The van der Waals surface area contributed by atoms with Crippen LogP contribution in [-0.4, -0.2) is 35.6 Å². The molecule has 20 heavy (non-hydrogen) atoms. The maximum atomic E-state index is 4.01. The van der Waals surface area contributed by atoms with E-state index in [2.05, 4.69) is 31.0 Å². The Kier molecular flexibility index (Phi) is 3.92. The summed E-state index contributed by atoms with van der Waals surface area (Å²) < 4.78 is 0. The number of hydrogen-bond donors (Lipinski definition) is 1. The molecule has 2 heteroatoms. The average Bonchev–Trinajstić information content (AvgIpc) is 3.00. The Morgan fingerprint density at radius 2 is 1.55 bits per heavy atom. The first kappa shape index (κ1) is 14.8. The molecule has 0 aromatic carbocycles. The molecule has 116 valence electrons. The third kappa shape index (κ3) is 2.92. The summed E-state index contributed by atoms with van der Waals surface area (Å²) in [6.45, 7) is 11.1. The zero-order chi connectivity index (χ0) is 14.3. The molecule has 3 aliphatic rings. The van der Waals surface area contributed by atoms with Gasteiger partial charge in [-0.25, -0.2) is 0 Å². The van der Waals surface area contributed by atoms with Crippen LogP contribution in [0.5, 0.6) is 0 Å². The van der Waals surface area contributed by atoms with Gasteiger partial charge in [-0.05, 0) is 44.1 Å². The molecule has 3 rings (SSSR count). The fraction of sp³-hybridized carbons (Fsp3) is 1.00. The average molecular weight is 278 g/mol. The van der Waals surface area contributed by atoms with Gasteiger partial charge in [0.25, 0.3) is 0 Å². The van der Waals surface area contributed by atoms with Crippen molar-refractivity contribution in [2.24, 2.45) is 5.41 Å². The van der Waals surface area contributed by atoms with Crippen molar-refractivity contribution in [3.05, 3.63) is 0 Å². The van der Waals surface area contributed by atoms with E-state index < -0.39 is 0 Å². The Bertz CT molecular complexity index is 330. The summed E-state index contributed by atoms with van der Waals surface area (Å²) in [7, 11) is 0. The van der Waals surface area contributed by atoms with Gasteiger partial charge in [0.05, 0.1) is 0 Å². The van der Waals surface area contributed by atoms with Crippen LogP contribution < -0.4 is 5.32 Å². The van der Waals surface area contributed by atoms with Gasteiger partial charge >= 0.3 is 0 Å². The third-order valence-electron chi connectivity index (χ3n) is 6.18. The molecule has 2 saturated carbocycles. The van der Waals surface area contributed by atoms with E-state index in [0.717, 1.165) is 0 Å². The van der Waals surface area contributed by atoms with E-state index in [1.807, 2.05) is 0 Å². The van der Waals surface area contributed by atoms with E-state index in [4.69, 9.17) is 0 Å². The van der Waals surface area contributed by atoms with Crippen molar-refractivity contribution in [3.63, 3.8) is 0 Å². The van der Waals surface area contributed by atoms with Crippen LogP contribution in [0, 0.1) is 5.41 Å². The highest BCUT2D eigenvalue weighted by Gasteiger charge is 2.49. The van der Waals surface area contributed by atoms with Gasteiger partial charge in [0.1, 0.15) is 0 Å². The minimum absolute atomic E-state index is 0.466. The van der Waals surface area contributed by atoms with E-state index in [0.29, 0.717) is 16.5 Å². The van der Waals surface area contributed by atoms with Crippen LogP contribution in [0.4, 0.5) is 0 Å². The molecule has 0 unspecified atom stereocenters. The summed E-state index contributed by atoms with van der Waals surface area (Å²) in [5, 5.41) is 4.01. The SMILES string of the molecule is CC(C)(C)CCN1CC2(CCCC2)NCC12CCCC2. The largest absolute Gasteiger partial charge is 0.308 e. The molecule has 1 aliphatic heterocycles. The van der Waals surface area contributed by atoms with E-state index in [1.165, 1.54) is 77.4 Å². The lowest BCUT2D eigenvalue weighted by atomic mass is 9.83. The first-order chi connectivity index (χ1) is 9.43. The first-order valence-electron chi connectivity index (χ1n) is 8.93. The Hall–Kier alpha value is -0.0800. The zero-order valence-electron chi connectivity index (χ0n) is 13.9. The molecular formula is C18H34N2. The van der Waals surface area contributed by atoms with E-state index in [-0.39, 0.29) is 0 Å². The van der Waals surface area contributed by atoms with Crippen LogP contribution in [0.25, 0.3) is 0 Å². The summed E-state index contributed by atoms with van der Waals surface area (Å²) in [6.07, 6.45) is 12.8. The molecule has 0 aromatic rings. The molecule has 1 heterocycles. The summed E-state index contributed by atoms with van der Waals surface area (Å²) in [4.78, 5) is 2.92. The highest BCUT2D eigenvalue weighted by Crippen LogP contribution is 2.43. The maximum absolute atomic E-state index is 4.01. The number of nitrogens with zero attached hydrogens (tertiary/aromatic N) is 1. The van der Waals surface area contributed by atoms with E-state index in [9.17, 15) is 0 Å². The molecule has 1 N–H and O–H groups in total. The van der Waals surface area contributed by atoms with Gasteiger partial charge in [0, 0.05) is 24.2 Å². The van der Waals surface area contributed by atoms with Crippen molar-refractivity contribution in [3.8, 4) is 0 Å². The predicted molar refractivity (Wildman–Crippen MR) is 86.0 cm³/mol. The third-order valence-corrected chi connectivity index (χ3v) is 6.18. The van der Waals surface area contributed by atoms with Crippen LogP contribution in [0.2, 0.25) is 0 Å². The van der Waals surface area contributed by atoms with Crippen molar-refractivity contribution in [1.82, 2.24) is 10.2 Å². The molecule has 3 fully saturated rings. The number of nitrogens with one attached hydrogen (secondary N) is 1. The first-order valence-corrected chi connectivity index (χ1v) is 8.93. The van der Waals surface area contributed by atoms with Crippen molar-refractivity contribution in [2.45, 2.75) is 89.6 Å². The van der Waals surface area contributed by atoms with Crippen molar-refractivity contribution in [1.29, 1.82) is 0 Å². The molecule has 0 atom stereocenters. The maximum Gasteiger partial charge on any atom is 0.0334 e. The van der Waals surface area contributed by atoms with Gasteiger partial charge in [0.15, 0.2) is 0 Å². The Morgan fingerprint density at radius 3 is 2.15 bits per heavy atom. The minimum Gasteiger partial charge on any atom is -0.308 e. The highest BCUT2D eigenvalue weighted by atomic mass is 15.3. The Labute approximate surface area is 125 Å². The summed E-state index contributed by atoms with van der Waals surface area (Å²) in [5.74, 6) is 0. The fourth-order valence-corrected chi connectivity index (χ4v) is 4.75. The lowest BCUT2D eigenvalue weighted by Crippen LogP contribution is -2.68. The van der Waals surface area contributed by atoms with Crippen molar-refractivity contribution >= 4 is 0 Å². The van der Waals surface area contributed by atoms with Gasteiger partial charge in [-0.1, -0.05) is 46.5 Å². The van der Waals surface area contributed by atoms with E-state index >= 15 is 0 Å². The second-order valence-electron chi connectivity index (χ2n) is 9.00. The predicted octanol–water partition coefficient (Wildman–Crippen LogP) is 3.95. The minimum atomic E-state index is 0.466. The van der Waals surface area contributed by atoms with Crippen LogP contribution >= 0.6 is 0 Å². The molecule has 0 aromatic heterocycles. The highest BCUT2D eigenvalue weighted by molar-refractivity contribution is 5.08. The van der Waals surface area contributed by atoms with Crippen molar-refractivity contribution < 1.29 is 0 Å². The summed E-state index contributed by atoms with van der Waals surface area (Å²) in [6, 6.07) is 0. The van der Waals surface area contributed by atoms with Gasteiger partial charge in [-0.2, -0.15) is 0 Å². The standard InChI is InChI=1S/C18H34N2/c1-16(2,3)12-13-20-15-17(8-4-5-9-17)19-14-18(20)10-6-7-11-18/h19H,4-15H2,1-3H3. The second-order valence-corrected chi connectivity index (χ2v) is 9.00. The van der Waals surface area contributed by atoms with Gasteiger partial charge in [-0.3, -0.25) is 4.90 Å². The molecule has 1 saturated heterocycles. The molecule has 0 bridgehead atoms. The molecular weight excluding hydrogens is 244 g/mol.